The van der Waals surface area contributed by atoms with Gasteiger partial charge in [0.05, 0.1) is 0 Å². The average Bonchev–Trinajstić information content (AvgIpc) is 3.30. The van der Waals surface area contributed by atoms with E-state index in [0.717, 1.165) is 37.1 Å². The molecule has 0 saturated heterocycles. The molecule has 0 bridgehead atoms. The molecule has 7 nitrogen and oxygen atoms in total. The van der Waals surface area contributed by atoms with E-state index in [2.05, 4.69) is 46.3 Å². The van der Waals surface area contributed by atoms with Crippen LogP contribution in [0.25, 0.3) is 5.57 Å². The van der Waals surface area contributed by atoms with E-state index in [1.54, 1.807) is 4.90 Å². The van der Waals surface area contributed by atoms with Crippen LogP contribution in [-0.2, 0) is 16.8 Å². The van der Waals surface area contributed by atoms with Crippen molar-refractivity contribution in [1.82, 2.24) is 15.0 Å². The van der Waals surface area contributed by atoms with Crippen LogP contribution >= 0.6 is 0 Å². The van der Waals surface area contributed by atoms with Crippen molar-refractivity contribution in [2.45, 2.75) is 71.6 Å². The molecular weight excluding hydrogens is 459 g/mol. The normalized spacial score (nSPS) is 15.3. The molecule has 1 N–H and O–H groups in total. The zero-order chi connectivity index (χ0) is 26.3. The standard InChI is InChI=1S/C28H39FN4O3/c1-7-20(10-8-13-24-31-25(36-32-24)28(5,6)29)19-30-23-12-9-11-22(18-23)21-14-16-33(17-15-21)26(34)35-27(2,3)4/h7,9,11-12,14,18,20,30H,1,8,10,13,15-17,19H2,2-6H3. The first-order chi connectivity index (χ1) is 16.9. The van der Waals surface area contributed by atoms with Crippen LogP contribution in [0.15, 0.2) is 47.5 Å². The van der Waals surface area contributed by atoms with Gasteiger partial charge in [-0.15, -0.1) is 6.58 Å². The molecule has 1 unspecified atom stereocenters. The summed E-state index contributed by atoms with van der Waals surface area (Å²) in [5, 5.41) is 7.40. The molecule has 196 valence electrons. The van der Waals surface area contributed by atoms with Gasteiger partial charge in [0, 0.05) is 31.7 Å². The third-order valence-corrected chi connectivity index (χ3v) is 5.95. The number of nitrogens with zero attached hydrogens (tertiary/aromatic N) is 3. The van der Waals surface area contributed by atoms with Crippen LogP contribution in [0.4, 0.5) is 14.9 Å². The molecule has 1 amide bonds. The van der Waals surface area contributed by atoms with Gasteiger partial charge in [0.15, 0.2) is 11.5 Å². The maximum absolute atomic E-state index is 13.9. The molecule has 0 radical (unpaired) electrons. The number of alkyl halides is 1. The van der Waals surface area contributed by atoms with E-state index in [1.807, 2.05) is 32.9 Å². The highest BCUT2D eigenvalue weighted by Gasteiger charge is 2.26. The Kier molecular flexibility index (Phi) is 8.93. The number of nitrogens with one attached hydrogen (secondary N) is 1. The van der Waals surface area contributed by atoms with Crippen molar-refractivity contribution in [3.63, 3.8) is 0 Å². The van der Waals surface area contributed by atoms with E-state index in [-0.39, 0.29) is 17.9 Å². The number of hydrogen-bond acceptors (Lipinski definition) is 6. The molecular formula is C28H39FN4O3. The molecule has 1 aliphatic rings. The fourth-order valence-electron chi connectivity index (χ4n) is 3.92. The van der Waals surface area contributed by atoms with E-state index < -0.39 is 11.3 Å². The van der Waals surface area contributed by atoms with E-state index in [4.69, 9.17) is 9.26 Å². The van der Waals surface area contributed by atoms with Crippen LogP contribution in [-0.4, -0.2) is 46.4 Å². The van der Waals surface area contributed by atoms with E-state index in [1.165, 1.54) is 19.4 Å². The Morgan fingerprint density at radius 2 is 2.11 bits per heavy atom. The fourth-order valence-corrected chi connectivity index (χ4v) is 3.92. The maximum Gasteiger partial charge on any atom is 0.410 e. The average molecular weight is 499 g/mol. The summed E-state index contributed by atoms with van der Waals surface area (Å²) in [6, 6.07) is 8.35. The lowest BCUT2D eigenvalue weighted by Gasteiger charge is -2.29. The number of anilines is 1. The van der Waals surface area contributed by atoms with Gasteiger partial charge in [0.2, 0.25) is 0 Å². The Hall–Kier alpha value is -3.16. The molecule has 2 aromatic rings. The minimum absolute atomic E-state index is 0.0185. The van der Waals surface area contributed by atoms with E-state index >= 15 is 0 Å². The van der Waals surface area contributed by atoms with Gasteiger partial charge in [-0.1, -0.05) is 29.4 Å². The van der Waals surface area contributed by atoms with Crippen LogP contribution < -0.4 is 5.32 Å². The van der Waals surface area contributed by atoms with Crippen LogP contribution in [0.2, 0.25) is 0 Å². The van der Waals surface area contributed by atoms with Gasteiger partial charge >= 0.3 is 6.09 Å². The molecule has 1 aromatic carbocycles. The number of carbonyl (C=O) groups is 1. The molecule has 8 heteroatoms. The first kappa shape index (κ1) is 27.4. The highest BCUT2D eigenvalue weighted by Crippen LogP contribution is 2.26. The van der Waals surface area contributed by atoms with Crippen molar-refractivity contribution in [2.75, 3.05) is 25.0 Å². The molecule has 0 aliphatic carbocycles. The number of aryl methyl sites for hydroxylation is 1. The second-order valence-electron chi connectivity index (χ2n) is 10.7. The van der Waals surface area contributed by atoms with Gasteiger partial charge in [-0.25, -0.2) is 9.18 Å². The van der Waals surface area contributed by atoms with E-state index in [0.29, 0.717) is 25.3 Å². The predicted octanol–water partition coefficient (Wildman–Crippen LogP) is 6.54. The van der Waals surface area contributed by atoms with Crippen LogP contribution in [0.1, 0.15) is 71.2 Å². The minimum Gasteiger partial charge on any atom is -0.444 e. The quantitative estimate of drug-likeness (QED) is 0.375. The number of amides is 1. The zero-order valence-electron chi connectivity index (χ0n) is 22.1. The summed E-state index contributed by atoms with van der Waals surface area (Å²) >= 11 is 0. The first-order valence-corrected chi connectivity index (χ1v) is 12.6. The largest absolute Gasteiger partial charge is 0.444 e. The Balaban J connectivity index is 1.48. The highest BCUT2D eigenvalue weighted by molar-refractivity contribution is 5.74. The summed E-state index contributed by atoms with van der Waals surface area (Å²) in [7, 11) is 0. The number of carbonyl (C=O) groups excluding carboxylic acids is 1. The molecule has 36 heavy (non-hydrogen) atoms. The molecule has 0 saturated carbocycles. The number of aromatic nitrogens is 2. The molecule has 0 fully saturated rings. The van der Waals surface area contributed by atoms with Gasteiger partial charge < -0.3 is 19.5 Å². The Morgan fingerprint density at radius 3 is 2.72 bits per heavy atom. The van der Waals surface area contributed by atoms with Crippen LogP contribution in [0.3, 0.4) is 0 Å². The number of benzene rings is 1. The summed E-state index contributed by atoms with van der Waals surface area (Å²) in [6.45, 7) is 14.4. The number of rotatable bonds is 10. The summed E-state index contributed by atoms with van der Waals surface area (Å²) in [5.74, 6) is 0.823. The first-order valence-electron chi connectivity index (χ1n) is 12.6. The van der Waals surface area contributed by atoms with Gasteiger partial charge in [-0.2, -0.15) is 4.98 Å². The van der Waals surface area contributed by atoms with Crippen LogP contribution in [0, 0.1) is 5.92 Å². The summed E-state index contributed by atoms with van der Waals surface area (Å²) in [4.78, 5) is 18.2. The number of halogens is 1. The minimum atomic E-state index is -1.63. The van der Waals surface area contributed by atoms with Crippen molar-refractivity contribution in [3.8, 4) is 0 Å². The lowest BCUT2D eigenvalue weighted by Crippen LogP contribution is -2.39. The van der Waals surface area contributed by atoms with E-state index in [9.17, 15) is 9.18 Å². The third-order valence-electron chi connectivity index (χ3n) is 5.95. The third kappa shape index (κ3) is 8.21. The zero-order valence-corrected chi connectivity index (χ0v) is 22.1. The van der Waals surface area contributed by atoms with Gasteiger partial charge in [0.25, 0.3) is 5.89 Å². The van der Waals surface area contributed by atoms with Crippen molar-refractivity contribution in [2.24, 2.45) is 5.92 Å². The van der Waals surface area contributed by atoms with Crippen molar-refractivity contribution in [3.05, 3.63) is 60.3 Å². The molecule has 1 aromatic heterocycles. The number of ether oxygens (including phenoxy) is 1. The number of hydrogen-bond donors (Lipinski definition) is 1. The fraction of sp³-hybridized carbons (Fsp3) is 0.536. The molecule has 3 rings (SSSR count). The Morgan fingerprint density at radius 1 is 1.33 bits per heavy atom. The lowest BCUT2D eigenvalue weighted by molar-refractivity contribution is 0.0270. The summed E-state index contributed by atoms with van der Waals surface area (Å²) < 4.78 is 24.4. The molecule has 2 heterocycles. The van der Waals surface area contributed by atoms with Crippen LogP contribution in [0.5, 0.6) is 0 Å². The summed E-state index contributed by atoms with van der Waals surface area (Å²) in [5.41, 5.74) is 1.31. The second-order valence-corrected chi connectivity index (χ2v) is 10.7. The van der Waals surface area contributed by atoms with Crippen molar-refractivity contribution in [1.29, 1.82) is 0 Å². The predicted molar refractivity (Wildman–Crippen MR) is 140 cm³/mol. The maximum atomic E-state index is 13.9. The highest BCUT2D eigenvalue weighted by atomic mass is 19.1. The second kappa shape index (κ2) is 11.7. The Labute approximate surface area is 213 Å². The SMILES string of the molecule is C=CC(CCCc1noc(C(C)(C)F)n1)CNc1cccc(C2=CCN(C(=O)OC(C)(C)C)CC2)c1. The molecule has 1 aliphatic heterocycles. The monoisotopic (exact) mass is 498 g/mol. The lowest BCUT2D eigenvalue weighted by atomic mass is 9.98. The smallest absolute Gasteiger partial charge is 0.410 e. The topological polar surface area (TPSA) is 80.5 Å². The molecule has 1 atom stereocenters. The summed E-state index contributed by atoms with van der Waals surface area (Å²) in [6.07, 6.45) is 6.97. The van der Waals surface area contributed by atoms with Crippen molar-refractivity contribution >= 4 is 17.4 Å². The van der Waals surface area contributed by atoms with Gasteiger partial charge in [0.1, 0.15) is 5.60 Å². The van der Waals surface area contributed by atoms with Gasteiger partial charge in [-0.3, -0.25) is 0 Å². The molecule has 0 spiro atoms. The van der Waals surface area contributed by atoms with Crippen molar-refractivity contribution < 1.29 is 18.4 Å². The van der Waals surface area contributed by atoms with Gasteiger partial charge in [-0.05, 0) is 83.1 Å². The Bertz CT molecular complexity index is 1070.